The zero-order chi connectivity index (χ0) is 40.5. The molecule has 5 heterocycles. The van der Waals surface area contributed by atoms with Crippen LogP contribution in [0.5, 0.6) is 0 Å². The van der Waals surface area contributed by atoms with Crippen molar-refractivity contribution in [3.8, 4) is 84.9 Å². The molecule has 0 aliphatic heterocycles. The Balaban J connectivity index is 0.957. The van der Waals surface area contributed by atoms with Gasteiger partial charge in [0.1, 0.15) is 0 Å². The van der Waals surface area contributed by atoms with E-state index in [1.54, 1.807) is 12.4 Å². The largest absolute Gasteiger partial charge is 0.309 e. The molecular formula is C54H35N7. The molecule has 7 nitrogen and oxygen atoms in total. The van der Waals surface area contributed by atoms with Gasteiger partial charge in [-0.2, -0.15) is 0 Å². The smallest absolute Gasteiger partial charge is 0.164 e. The van der Waals surface area contributed by atoms with Crippen molar-refractivity contribution in [1.29, 1.82) is 0 Å². The molecule has 0 fully saturated rings. The van der Waals surface area contributed by atoms with E-state index in [4.69, 9.17) is 19.9 Å². The number of fused-ring (bicyclic) bond motifs is 3. The highest BCUT2D eigenvalue weighted by atomic mass is 15.0. The average molecular weight is 782 g/mol. The second-order valence-corrected chi connectivity index (χ2v) is 14.8. The number of nitrogens with zero attached hydrogens (tertiary/aromatic N) is 7. The first-order chi connectivity index (χ1) is 30.2. The summed E-state index contributed by atoms with van der Waals surface area (Å²) in [6, 6.07) is 68.7. The van der Waals surface area contributed by atoms with Gasteiger partial charge < -0.3 is 4.57 Å². The minimum absolute atomic E-state index is 0.594. The Labute approximate surface area is 352 Å². The van der Waals surface area contributed by atoms with Crippen molar-refractivity contribution in [1.82, 2.24) is 34.5 Å². The summed E-state index contributed by atoms with van der Waals surface area (Å²) in [7, 11) is 0. The Bertz CT molecular complexity index is 3260. The molecule has 0 aliphatic rings. The predicted octanol–water partition coefficient (Wildman–Crippen LogP) is 12.8. The van der Waals surface area contributed by atoms with Crippen LogP contribution < -0.4 is 0 Å². The van der Waals surface area contributed by atoms with Gasteiger partial charge in [-0.05, 0) is 82.9 Å². The third-order valence-corrected chi connectivity index (χ3v) is 11.0. The molecule has 61 heavy (non-hydrogen) atoms. The van der Waals surface area contributed by atoms with E-state index in [-0.39, 0.29) is 0 Å². The fraction of sp³-hybridized carbons (Fsp3) is 0. The van der Waals surface area contributed by atoms with Crippen LogP contribution >= 0.6 is 0 Å². The lowest BCUT2D eigenvalue weighted by molar-refractivity contribution is 1.07. The standard InChI is InChI=1S/C54H35N7/c1-3-13-38(14-4-1)52-58-53(39-25-21-36(22-26-39)41-29-30-45-44-17-7-8-20-50(44)61(51(45)35-41)43-15-5-2-6-16-43)60-54(59-52)40-27-23-37(24-28-40)42-33-48(46-18-9-11-31-55-46)57-49(34-42)47-19-10-12-32-56-47/h1-35H. The van der Waals surface area contributed by atoms with E-state index in [0.717, 1.165) is 67.4 Å². The number of aromatic nitrogens is 7. The molecule has 286 valence electrons. The Morgan fingerprint density at radius 2 is 0.738 bits per heavy atom. The summed E-state index contributed by atoms with van der Waals surface area (Å²) < 4.78 is 2.35. The quantitative estimate of drug-likeness (QED) is 0.153. The summed E-state index contributed by atoms with van der Waals surface area (Å²) in [4.78, 5) is 29.2. The van der Waals surface area contributed by atoms with Gasteiger partial charge in [0.15, 0.2) is 17.5 Å². The maximum atomic E-state index is 5.07. The van der Waals surface area contributed by atoms with Gasteiger partial charge >= 0.3 is 0 Å². The van der Waals surface area contributed by atoms with Crippen molar-refractivity contribution in [2.75, 3.05) is 0 Å². The maximum absolute atomic E-state index is 5.07. The summed E-state index contributed by atoms with van der Waals surface area (Å²) in [5.41, 5.74) is 13.6. The van der Waals surface area contributed by atoms with Crippen molar-refractivity contribution in [2.45, 2.75) is 0 Å². The molecule has 11 rings (SSSR count). The van der Waals surface area contributed by atoms with Crippen LogP contribution in [0.1, 0.15) is 0 Å². The van der Waals surface area contributed by atoms with Crippen LogP contribution in [0.3, 0.4) is 0 Å². The summed E-state index contributed by atoms with van der Waals surface area (Å²) in [5.74, 6) is 1.81. The van der Waals surface area contributed by atoms with Gasteiger partial charge in [0, 0.05) is 45.5 Å². The lowest BCUT2D eigenvalue weighted by atomic mass is 10.0. The van der Waals surface area contributed by atoms with E-state index in [9.17, 15) is 0 Å². The highest BCUT2D eigenvalue weighted by Crippen LogP contribution is 2.36. The molecule has 0 N–H and O–H groups in total. The lowest BCUT2D eigenvalue weighted by Crippen LogP contribution is -2.00. The zero-order valence-corrected chi connectivity index (χ0v) is 32.8. The Morgan fingerprint density at radius 1 is 0.279 bits per heavy atom. The topological polar surface area (TPSA) is 82.3 Å². The van der Waals surface area contributed by atoms with Gasteiger partial charge in [-0.25, -0.2) is 19.9 Å². The first kappa shape index (κ1) is 35.7. The summed E-state index contributed by atoms with van der Waals surface area (Å²) in [6.45, 7) is 0. The molecule has 7 heteroatoms. The highest BCUT2D eigenvalue weighted by Gasteiger charge is 2.16. The first-order valence-electron chi connectivity index (χ1n) is 20.2. The van der Waals surface area contributed by atoms with Gasteiger partial charge in [-0.15, -0.1) is 0 Å². The van der Waals surface area contributed by atoms with E-state index in [0.29, 0.717) is 17.5 Å². The number of hydrogen-bond donors (Lipinski definition) is 0. The van der Waals surface area contributed by atoms with Crippen LogP contribution in [0.15, 0.2) is 213 Å². The normalized spacial score (nSPS) is 11.3. The van der Waals surface area contributed by atoms with E-state index >= 15 is 0 Å². The van der Waals surface area contributed by atoms with Gasteiger partial charge in [0.05, 0.1) is 33.8 Å². The molecule has 11 aromatic rings. The van der Waals surface area contributed by atoms with Crippen LogP contribution in [0.25, 0.3) is 107 Å². The van der Waals surface area contributed by atoms with Gasteiger partial charge in [0.2, 0.25) is 0 Å². The second-order valence-electron chi connectivity index (χ2n) is 14.8. The van der Waals surface area contributed by atoms with Crippen molar-refractivity contribution in [2.24, 2.45) is 0 Å². The fourth-order valence-electron chi connectivity index (χ4n) is 7.97. The molecular weight excluding hydrogens is 747 g/mol. The minimum Gasteiger partial charge on any atom is -0.309 e. The third-order valence-electron chi connectivity index (χ3n) is 11.0. The summed E-state index contributed by atoms with van der Waals surface area (Å²) >= 11 is 0. The molecule has 0 atom stereocenters. The summed E-state index contributed by atoms with van der Waals surface area (Å²) in [6.07, 6.45) is 3.57. The van der Waals surface area contributed by atoms with E-state index in [1.807, 2.05) is 66.7 Å². The van der Waals surface area contributed by atoms with E-state index in [2.05, 4.69) is 148 Å². The first-order valence-corrected chi connectivity index (χ1v) is 20.2. The van der Waals surface area contributed by atoms with Crippen molar-refractivity contribution in [3.05, 3.63) is 213 Å². The number of rotatable bonds is 8. The van der Waals surface area contributed by atoms with Crippen LogP contribution in [0.4, 0.5) is 0 Å². The predicted molar refractivity (Wildman–Crippen MR) is 246 cm³/mol. The van der Waals surface area contributed by atoms with E-state index < -0.39 is 0 Å². The van der Waals surface area contributed by atoms with Crippen molar-refractivity contribution >= 4 is 21.8 Å². The average Bonchev–Trinajstić information content (AvgIpc) is 3.68. The molecule has 0 aliphatic carbocycles. The van der Waals surface area contributed by atoms with Crippen LogP contribution in [0, 0.1) is 0 Å². The highest BCUT2D eigenvalue weighted by molar-refractivity contribution is 6.10. The molecule has 0 saturated heterocycles. The van der Waals surface area contributed by atoms with Crippen LogP contribution in [-0.2, 0) is 0 Å². The second kappa shape index (κ2) is 15.4. The Kier molecular flexibility index (Phi) is 9.02. The van der Waals surface area contributed by atoms with Gasteiger partial charge in [-0.3, -0.25) is 9.97 Å². The SMILES string of the molecule is c1ccc(-c2nc(-c3ccc(-c4cc(-c5ccccn5)nc(-c5ccccn5)c4)cc3)nc(-c3ccc(-c4ccc5c6ccccc6n(-c6ccccc6)c5c4)cc3)n2)cc1. The number of para-hydroxylation sites is 2. The fourth-order valence-corrected chi connectivity index (χ4v) is 7.97. The molecule has 0 radical (unpaired) electrons. The Hall–Kier alpha value is -8.42. The molecule has 6 aromatic carbocycles. The van der Waals surface area contributed by atoms with Crippen LogP contribution in [0.2, 0.25) is 0 Å². The van der Waals surface area contributed by atoms with E-state index in [1.165, 1.54) is 21.8 Å². The molecule has 0 amide bonds. The zero-order valence-electron chi connectivity index (χ0n) is 32.8. The maximum Gasteiger partial charge on any atom is 0.164 e. The van der Waals surface area contributed by atoms with Crippen molar-refractivity contribution < 1.29 is 0 Å². The molecule has 0 saturated carbocycles. The third kappa shape index (κ3) is 6.90. The van der Waals surface area contributed by atoms with Gasteiger partial charge in [-0.1, -0.05) is 140 Å². The monoisotopic (exact) mass is 781 g/mol. The Morgan fingerprint density at radius 3 is 1.31 bits per heavy atom. The minimum atomic E-state index is 0.594. The number of hydrogen-bond acceptors (Lipinski definition) is 6. The molecule has 0 spiro atoms. The number of pyridine rings is 3. The summed E-state index contributed by atoms with van der Waals surface area (Å²) in [5, 5.41) is 2.46. The molecule has 0 unspecified atom stereocenters. The molecule has 5 aromatic heterocycles. The van der Waals surface area contributed by atoms with Crippen LogP contribution in [-0.4, -0.2) is 34.5 Å². The number of benzene rings is 6. The lowest BCUT2D eigenvalue weighted by Gasteiger charge is -2.11. The van der Waals surface area contributed by atoms with Gasteiger partial charge in [0.25, 0.3) is 0 Å². The molecule has 0 bridgehead atoms. The van der Waals surface area contributed by atoms with Crippen molar-refractivity contribution in [3.63, 3.8) is 0 Å².